The summed E-state index contributed by atoms with van der Waals surface area (Å²) < 4.78 is 57.4. The van der Waals surface area contributed by atoms with Crippen LogP contribution in [0.1, 0.15) is 44.6 Å². The third-order valence-corrected chi connectivity index (χ3v) is 4.99. The van der Waals surface area contributed by atoms with Crippen LogP contribution in [-0.4, -0.2) is 18.3 Å². The van der Waals surface area contributed by atoms with Crippen molar-refractivity contribution in [3.8, 4) is 6.07 Å². The molecular formula is C17H17BF3NO3. The van der Waals surface area contributed by atoms with Gasteiger partial charge in [-0.25, -0.2) is 0 Å². The second-order valence-electron chi connectivity index (χ2n) is 7.20. The average Bonchev–Trinajstić information content (AvgIpc) is 2.91. The van der Waals surface area contributed by atoms with Gasteiger partial charge in [0.1, 0.15) is 11.7 Å². The highest BCUT2D eigenvalue weighted by Gasteiger charge is 2.52. The Morgan fingerprint density at radius 2 is 1.64 bits per heavy atom. The van der Waals surface area contributed by atoms with Crippen LogP contribution in [0.15, 0.2) is 16.5 Å². The molecule has 2 aromatic rings. The molecule has 1 aromatic carbocycles. The van der Waals surface area contributed by atoms with Crippen molar-refractivity contribution in [2.75, 3.05) is 0 Å². The quantitative estimate of drug-likeness (QED) is 0.731. The molecule has 2 heterocycles. The molecule has 4 nitrogen and oxygen atoms in total. The van der Waals surface area contributed by atoms with E-state index in [9.17, 15) is 13.2 Å². The summed E-state index contributed by atoms with van der Waals surface area (Å²) in [6, 6.07) is 4.28. The van der Waals surface area contributed by atoms with Crippen molar-refractivity contribution >= 4 is 23.6 Å². The lowest BCUT2D eigenvalue weighted by atomic mass is 9.77. The molecule has 0 amide bonds. The smallest absolute Gasteiger partial charge is 0.445 e. The summed E-state index contributed by atoms with van der Waals surface area (Å²) in [6.07, 6.45) is -4.63. The van der Waals surface area contributed by atoms with Gasteiger partial charge < -0.3 is 13.7 Å². The van der Waals surface area contributed by atoms with Gasteiger partial charge in [-0.2, -0.15) is 18.4 Å². The summed E-state index contributed by atoms with van der Waals surface area (Å²) in [5.41, 5.74) is -2.03. The lowest BCUT2D eigenvalue weighted by molar-refractivity contribution is -0.136. The molecule has 0 radical (unpaired) electrons. The fourth-order valence-corrected chi connectivity index (χ4v) is 2.77. The number of furan rings is 1. The van der Waals surface area contributed by atoms with E-state index < -0.39 is 30.1 Å². The normalized spacial score (nSPS) is 19.4. The molecule has 8 heteroatoms. The molecule has 3 rings (SSSR count). The molecule has 1 saturated heterocycles. The lowest BCUT2D eigenvalue weighted by Crippen LogP contribution is -2.41. The number of hydrogen-bond acceptors (Lipinski definition) is 4. The monoisotopic (exact) mass is 351 g/mol. The zero-order valence-corrected chi connectivity index (χ0v) is 14.5. The fourth-order valence-electron chi connectivity index (χ4n) is 2.77. The van der Waals surface area contributed by atoms with Gasteiger partial charge in [0, 0.05) is 10.9 Å². The number of aryl methyl sites for hydroxylation is 1. The Morgan fingerprint density at radius 1 is 1.08 bits per heavy atom. The van der Waals surface area contributed by atoms with Crippen LogP contribution in [0.5, 0.6) is 0 Å². The van der Waals surface area contributed by atoms with Gasteiger partial charge in [0.2, 0.25) is 5.76 Å². The van der Waals surface area contributed by atoms with Crippen molar-refractivity contribution in [1.82, 2.24) is 0 Å². The van der Waals surface area contributed by atoms with Gasteiger partial charge in [-0.05, 0) is 46.1 Å². The number of halogens is 3. The summed E-state index contributed by atoms with van der Waals surface area (Å²) in [5.74, 6) is -0.133. The summed E-state index contributed by atoms with van der Waals surface area (Å²) in [7, 11) is -0.935. The number of benzene rings is 1. The fraction of sp³-hybridized carbons (Fsp3) is 0.471. The van der Waals surface area contributed by atoms with Crippen LogP contribution >= 0.6 is 0 Å². The average molecular weight is 351 g/mol. The van der Waals surface area contributed by atoms with E-state index >= 15 is 0 Å². The van der Waals surface area contributed by atoms with E-state index in [2.05, 4.69) is 0 Å². The number of alkyl halides is 3. The summed E-state index contributed by atoms with van der Waals surface area (Å²) in [6.45, 7) is 8.86. The highest BCUT2D eigenvalue weighted by atomic mass is 19.4. The summed E-state index contributed by atoms with van der Waals surface area (Å²) >= 11 is 0. The maximum atomic E-state index is 13.5. The van der Waals surface area contributed by atoms with Gasteiger partial charge in [0.25, 0.3) is 0 Å². The highest BCUT2D eigenvalue weighted by Crippen LogP contribution is 2.40. The first-order valence-electron chi connectivity index (χ1n) is 7.77. The van der Waals surface area contributed by atoms with Gasteiger partial charge in [0.15, 0.2) is 0 Å². The van der Waals surface area contributed by atoms with Crippen molar-refractivity contribution in [3.05, 3.63) is 29.0 Å². The molecule has 1 aromatic heterocycles. The number of fused-ring (bicyclic) bond motifs is 1. The summed E-state index contributed by atoms with van der Waals surface area (Å²) in [5, 5.41) is 9.29. The molecule has 0 saturated carbocycles. The SMILES string of the molecule is Cc1c(C#N)oc2c(C(F)(F)F)cc(B3OC(C)(C)C(C)(C)O3)cc12. The Hall–Kier alpha value is -1.98. The number of rotatable bonds is 1. The minimum atomic E-state index is -4.63. The third kappa shape index (κ3) is 2.72. The minimum Gasteiger partial charge on any atom is -0.445 e. The van der Waals surface area contributed by atoms with Gasteiger partial charge in [-0.1, -0.05) is 6.07 Å². The topological polar surface area (TPSA) is 55.4 Å². The van der Waals surface area contributed by atoms with Gasteiger partial charge in [-0.3, -0.25) is 0 Å². The largest absolute Gasteiger partial charge is 0.494 e. The minimum absolute atomic E-state index is 0.133. The van der Waals surface area contributed by atoms with Gasteiger partial charge >= 0.3 is 13.3 Å². The molecule has 132 valence electrons. The van der Waals surface area contributed by atoms with E-state index in [0.29, 0.717) is 5.56 Å². The molecule has 0 spiro atoms. The number of hydrogen-bond donors (Lipinski definition) is 0. The Kier molecular flexibility index (Phi) is 3.75. The van der Waals surface area contributed by atoms with Crippen molar-refractivity contribution in [3.63, 3.8) is 0 Å². The molecule has 1 fully saturated rings. The molecule has 1 aliphatic heterocycles. The maximum absolute atomic E-state index is 13.5. The zero-order chi connectivity index (χ0) is 18.8. The van der Waals surface area contributed by atoms with Crippen LogP contribution in [0, 0.1) is 18.3 Å². The molecule has 0 bridgehead atoms. The Labute approximate surface area is 143 Å². The molecular weight excluding hydrogens is 334 g/mol. The second kappa shape index (κ2) is 5.26. The molecule has 0 aliphatic carbocycles. The molecule has 25 heavy (non-hydrogen) atoms. The van der Waals surface area contributed by atoms with Gasteiger partial charge in [-0.15, -0.1) is 0 Å². The predicted octanol–water partition coefficient (Wildman–Crippen LogP) is 3.93. The van der Waals surface area contributed by atoms with Crippen LogP contribution in [-0.2, 0) is 15.5 Å². The van der Waals surface area contributed by atoms with E-state index in [0.717, 1.165) is 6.07 Å². The Balaban J connectivity index is 2.22. The molecule has 0 N–H and O–H groups in total. The van der Waals surface area contributed by atoms with E-state index in [1.807, 2.05) is 27.7 Å². The van der Waals surface area contributed by atoms with Crippen molar-refractivity contribution in [1.29, 1.82) is 5.26 Å². The first-order chi connectivity index (χ1) is 11.4. The Bertz CT molecular complexity index is 877. The van der Waals surface area contributed by atoms with Gasteiger partial charge in [0.05, 0.1) is 16.8 Å². The van der Waals surface area contributed by atoms with Crippen molar-refractivity contribution in [2.45, 2.75) is 52.0 Å². The van der Waals surface area contributed by atoms with E-state index in [-0.39, 0.29) is 22.2 Å². The van der Waals surface area contributed by atoms with E-state index in [1.54, 1.807) is 13.0 Å². The maximum Gasteiger partial charge on any atom is 0.494 e. The lowest BCUT2D eigenvalue weighted by Gasteiger charge is -2.32. The summed E-state index contributed by atoms with van der Waals surface area (Å²) in [4.78, 5) is 0. The van der Waals surface area contributed by atoms with Crippen LogP contribution in [0.2, 0.25) is 0 Å². The zero-order valence-electron chi connectivity index (χ0n) is 14.5. The molecule has 1 aliphatic rings. The highest BCUT2D eigenvalue weighted by molar-refractivity contribution is 6.62. The van der Waals surface area contributed by atoms with Crippen LogP contribution < -0.4 is 5.46 Å². The van der Waals surface area contributed by atoms with E-state index in [4.69, 9.17) is 19.0 Å². The van der Waals surface area contributed by atoms with Crippen molar-refractivity contribution in [2.24, 2.45) is 0 Å². The van der Waals surface area contributed by atoms with Crippen LogP contribution in [0.4, 0.5) is 13.2 Å². The first-order valence-corrected chi connectivity index (χ1v) is 7.77. The predicted molar refractivity (Wildman–Crippen MR) is 86.4 cm³/mol. The second-order valence-corrected chi connectivity index (χ2v) is 7.20. The Morgan fingerprint density at radius 3 is 2.12 bits per heavy atom. The van der Waals surface area contributed by atoms with Crippen molar-refractivity contribution < 1.29 is 26.9 Å². The first kappa shape index (κ1) is 17.8. The van der Waals surface area contributed by atoms with E-state index in [1.165, 1.54) is 6.07 Å². The molecule has 0 unspecified atom stereocenters. The number of nitriles is 1. The molecule has 0 atom stereocenters. The van der Waals surface area contributed by atoms with Crippen LogP contribution in [0.25, 0.3) is 11.0 Å². The standard InChI is InChI=1S/C17H17BF3NO3/c1-9-11-6-10(18-24-15(2,3)16(4,5)25-18)7-12(17(19,20)21)14(11)23-13(9)8-22/h6-7H,1-5H3. The van der Waals surface area contributed by atoms with Crippen LogP contribution in [0.3, 0.4) is 0 Å². The number of nitrogens with zero attached hydrogens (tertiary/aromatic N) is 1. The third-order valence-electron chi connectivity index (χ3n) is 4.99.